The molecule has 3 rings (SSSR count). The van der Waals surface area contributed by atoms with Gasteiger partial charge in [-0.05, 0) is 46.2 Å². The number of carbonyl (C=O) groups is 3. The summed E-state index contributed by atoms with van der Waals surface area (Å²) < 4.78 is 10.4. The first-order valence-corrected chi connectivity index (χ1v) is 11.0. The Kier molecular flexibility index (Phi) is 7.09. The average Bonchev–Trinajstić information content (AvgIpc) is 3.33. The number of hydrogen-bond donors (Lipinski definition) is 2. The molecule has 1 amide bonds. The maximum absolute atomic E-state index is 12.9. The first-order valence-electron chi connectivity index (χ1n) is 10.2. The lowest BCUT2D eigenvalue weighted by Gasteiger charge is -2.10. The molecule has 0 saturated heterocycles. The lowest BCUT2D eigenvalue weighted by Crippen LogP contribution is -2.17. The number of amides is 1. The van der Waals surface area contributed by atoms with E-state index >= 15 is 0 Å². The van der Waals surface area contributed by atoms with Crippen LogP contribution < -0.4 is 5.32 Å². The van der Waals surface area contributed by atoms with Crippen LogP contribution in [0.25, 0.3) is 11.3 Å². The topological polar surface area (TPSA) is 110 Å². The van der Waals surface area contributed by atoms with Gasteiger partial charge in [-0.25, -0.2) is 9.59 Å². The molecule has 2 aromatic heterocycles. The van der Waals surface area contributed by atoms with E-state index in [0.717, 1.165) is 22.5 Å². The van der Waals surface area contributed by atoms with Crippen LogP contribution in [0.1, 0.15) is 62.4 Å². The van der Waals surface area contributed by atoms with Gasteiger partial charge in [0.25, 0.3) is 5.91 Å². The Morgan fingerprint density at radius 2 is 1.81 bits per heavy atom. The summed E-state index contributed by atoms with van der Waals surface area (Å²) in [5.41, 5.74) is 3.35. The molecule has 0 saturated carbocycles. The van der Waals surface area contributed by atoms with Crippen molar-refractivity contribution >= 4 is 34.2 Å². The summed E-state index contributed by atoms with van der Waals surface area (Å²) in [6.45, 7) is 8.95. The molecular formula is C23H25N3O5S. The Labute approximate surface area is 189 Å². The van der Waals surface area contributed by atoms with Crippen LogP contribution in [0.15, 0.2) is 30.3 Å². The molecule has 168 valence electrons. The van der Waals surface area contributed by atoms with Gasteiger partial charge in [0, 0.05) is 5.56 Å². The predicted octanol–water partition coefficient (Wildman–Crippen LogP) is 4.75. The van der Waals surface area contributed by atoms with Crippen LogP contribution in [0.5, 0.6) is 0 Å². The molecule has 0 spiro atoms. The van der Waals surface area contributed by atoms with E-state index in [1.54, 1.807) is 33.8 Å². The molecule has 9 heteroatoms. The van der Waals surface area contributed by atoms with E-state index < -0.39 is 17.8 Å². The highest BCUT2D eigenvalue weighted by molar-refractivity contribution is 7.18. The van der Waals surface area contributed by atoms with Crippen molar-refractivity contribution in [2.24, 2.45) is 0 Å². The van der Waals surface area contributed by atoms with Crippen LogP contribution in [0.3, 0.4) is 0 Å². The number of ether oxygens (including phenoxy) is 2. The minimum absolute atomic E-state index is 0.137. The Bertz CT molecular complexity index is 1150. The number of carbonyl (C=O) groups excluding carboxylic acids is 3. The van der Waals surface area contributed by atoms with E-state index in [4.69, 9.17) is 9.47 Å². The Balaban J connectivity index is 1.90. The van der Waals surface area contributed by atoms with E-state index in [9.17, 15) is 14.4 Å². The van der Waals surface area contributed by atoms with Gasteiger partial charge in [0.15, 0.2) is 0 Å². The third kappa shape index (κ3) is 5.05. The molecule has 0 aliphatic rings. The van der Waals surface area contributed by atoms with Gasteiger partial charge in [-0.2, -0.15) is 5.10 Å². The monoisotopic (exact) mass is 455 g/mol. The Morgan fingerprint density at radius 3 is 2.44 bits per heavy atom. The van der Waals surface area contributed by atoms with Gasteiger partial charge in [-0.1, -0.05) is 29.8 Å². The van der Waals surface area contributed by atoms with E-state index in [1.807, 2.05) is 31.2 Å². The Hall–Kier alpha value is -3.46. The second kappa shape index (κ2) is 9.78. The summed E-state index contributed by atoms with van der Waals surface area (Å²) in [4.78, 5) is 38.1. The predicted molar refractivity (Wildman–Crippen MR) is 122 cm³/mol. The Morgan fingerprint density at radius 1 is 1.12 bits per heavy atom. The normalized spacial score (nSPS) is 10.8. The van der Waals surface area contributed by atoms with Gasteiger partial charge in [-0.3, -0.25) is 9.89 Å². The van der Waals surface area contributed by atoms with Crippen molar-refractivity contribution in [3.63, 3.8) is 0 Å². The zero-order chi connectivity index (χ0) is 23.4. The fraction of sp³-hybridized carbons (Fsp3) is 0.304. The first kappa shape index (κ1) is 23.2. The SMILES string of the molecule is CCOC(=O)c1sc(NC(=O)c2cc(-c3ccc(C)cc3)n[nH]2)c(C(=O)OC(C)C)c1C. The van der Waals surface area contributed by atoms with Crippen molar-refractivity contribution in [2.45, 2.75) is 40.7 Å². The molecule has 0 aliphatic carbocycles. The summed E-state index contributed by atoms with van der Waals surface area (Å²) in [7, 11) is 0. The van der Waals surface area contributed by atoms with Gasteiger partial charge < -0.3 is 14.8 Å². The molecule has 0 aliphatic heterocycles. The fourth-order valence-electron chi connectivity index (χ4n) is 2.99. The highest BCUT2D eigenvalue weighted by atomic mass is 32.1. The molecule has 3 aromatic rings. The van der Waals surface area contributed by atoms with E-state index in [2.05, 4.69) is 15.5 Å². The minimum atomic E-state index is -0.621. The molecule has 8 nitrogen and oxygen atoms in total. The van der Waals surface area contributed by atoms with Gasteiger partial charge in [0.05, 0.1) is 24.0 Å². The number of aromatic amines is 1. The molecule has 0 fully saturated rings. The number of benzene rings is 1. The van der Waals surface area contributed by atoms with Crippen molar-refractivity contribution in [1.82, 2.24) is 10.2 Å². The third-order valence-electron chi connectivity index (χ3n) is 4.55. The number of anilines is 1. The van der Waals surface area contributed by atoms with Crippen LogP contribution >= 0.6 is 11.3 Å². The largest absolute Gasteiger partial charge is 0.462 e. The maximum atomic E-state index is 12.9. The summed E-state index contributed by atoms with van der Waals surface area (Å²) >= 11 is 0.976. The van der Waals surface area contributed by atoms with E-state index in [1.165, 1.54) is 0 Å². The van der Waals surface area contributed by atoms with Gasteiger partial charge in [-0.15, -0.1) is 11.3 Å². The smallest absolute Gasteiger partial charge is 0.348 e. The summed E-state index contributed by atoms with van der Waals surface area (Å²) in [6.07, 6.45) is -0.360. The zero-order valence-electron chi connectivity index (χ0n) is 18.6. The highest BCUT2D eigenvalue weighted by Crippen LogP contribution is 2.35. The van der Waals surface area contributed by atoms with Crippen LogP contribution in [0, 0.1) is 13.8 Å². The number of thiophene rings is 1. The lowest BCUT2D eigenvalue weighted by atomic mass is 10.1. The molecule has 2 heterocycles. The zero-order valence-corrected chi connectivity index (χ0v) is 19.4. The maximum Gasteiger partial charge on any atom is 0.348 e. The van der Waals surface area contributed by atoms with Crippen LogP contribution in [0.4, 0.5) is 5.00 Å². The van der Waals surface area contributed by atoms with Crippen molar-refractivity contribution in [3.8, 4) is 11.3 Å². The molecule has 0 bridgehead atoms. The van der Waals surface area contributed by atoms with Crippen molar-refractivity contribution in [3.05, 3.63) is 57.6 Å². The number of H-pyrrole nitrogens is 1. The second-order valence-electron chi connectivity index (χ2n) is 7.42. The number of rotatable bonds is 7. The number of hydrogen-bond acceptors (Lipinski definition) is 7. The fourth-order valence-corrected chi connectivity index (χ4v) is 4.08. The quantitative estimate of drug-likeness (QED) is 0.498. The number of nitrogens with one attached hydrogen (secondary N) is 2. The minimum Gasteiger partial charge on any atom is -0.462 e. The molecular weight excluding hydrogens is 430 g/mol. The van der Waals surface area contributed by atoms with Crippen molar-refractivity contribution in [1.29, 1.82) is 0 Å². The number of aryl methyl sites for hydroxylation is 1. The summed E-state index contributed by atoms with van der Waals surface area (Å²) in [6, 6.07) is 9.38. The van der Waals surface area contributed by atoms with Crippen LogP contribution in [-0.4, -0.2) is 40.8 Å². The third-order valence-corrected chi connectivity index (χ3v) is 5.74. The van der Waals surface area contributed by atoms with Gasteiger partial charge in [0.2, 0.25) is 0 Å². The molecule has 1 aromatic carbocycles. The molecule has 0 unspecified atom stereocenters. The molecule has 0 atom stereocenters. The summed E-state index contributed by atoms with van der Waals surface area (Å²) in [5.74, 6) is -1.67. The number of esters is 2. The van der Waals surface area contributed by atoms with Crippen LogP contribution in [-0.2, 0) is 9.47 Å². The standard InChI is InChI=1S/C23H25N3O5S/c1-6-30-23(29)19-14(5)18(22(28)31-12(2)3)21(32-19)24-20(27)17-11-16(25-26-17)15-9-7-13(4)8-10-15/h7-12H,6H2,1-5H3,(H,24,27)(H,25,26). The van der Waals surface area contributed by atoms with Crippen LogP contribution in [0.2, 0.25) is 0 Å². The van der Waals surface area contributed by atoms with E-state index in [0.29, 0.717) is 11.3 Å². The highest BCUT2D eigenvalue weighted by Gasteiger charge is 2.28. The molecule has 32 heavy (non-hydrogen) atoms. The average molecular weight is 456 g/mol. The first-order chi connectivity index (χ1) is 15.2. The summed E-state index contributed by atoms with van der Waals surface area (Å²) in [5, 5.41) is 9.85. The lowest BCUT2D eigenvalue weighted by molar-refractivity contribution is 0.0379. The van der Waals surface area contributed by atoms with Crippen molar-refractivity contribution < 1.29 is 23.9 Å². The van der Waals surface area contributed by atoms with Gasteiger partial charge in [0.1, 0.15) is 15.6 Å². The van der Waals surface area contributed by atoms with Gasteiger partial charge >= 0.3 is 11.9 Å². The van der Waals surface area contributed by atoms with E-state index in [-0.39, 0.29) is 33.8 Å². The number of nitrogens with zero attached hydrogens (tertiary/aromatic N) is 1. The molecule has 0 radical (unpaired) electrons. The number of aromatic nitrogens is 2. The van der Waals surface area contributed by atoms with Crippen molar-refractivity contribution in [2.75, 3.05) is 11.9 Å². The second-order valence-corrected chi connectivity index (χ2v) is 8.44. The molecule has 2 N–H and O–H groups in total.